The van der Waals surface area contributed by atoms with Crippen molar-refractivity contribution >= 4 is 11.7 Å². The van der Waals surface area contributed by atoms with Gasteiger partial charge in [0.2, 0.25) is 5.91 Å². The highest BCUT2D eigenvalue weighted by molar-refractivity contribution is 5.74. The smallest absolute Gasteiger partial charge is 0.220 e. The predicted molar refractivity (Wildman–Crippen MR) is 128 cm³/mol. The second kappa shape index (κ2) is 9.39. The third-order valence-corrected chi connectivity index (χ3v) is 7.66. The van der Waals surface area contributed by atoms with Crippen molar-refractivity contribution in [2.24, 2.45) is 0 Å². The van der Waals surface area contributed by atoms with E-state index in [4.69, 9.17) is 14.7 Å². The first-order valence-electron chi connectivity index (χ1n) is 12.3. The van der Waals surface area contributed by atoms with Crippen LogP contribution in [0.1, 0.15) is 61.3 Å². The van der Waals surface area contributed by atoms with E-state index in [1.807, 2.05) is 4.90 Å². The molecule has 1 unspecified atom stereocenters. The number of amides is 1. The summed E-state index contributed by atoms with van der Waals surface area (Å²) in [6.07, 6.45) is 4.86. The lowest BCUT2D eigenvalue weighted by molar-refractivity contribution is -0.129. The number of aromatic nitrogens is 2. The minimum atomic E-state index is -0.0215. The minimum absolute atomic E-state index is 0.0215. The molecule has 4 heterocycles. The van der Waals surface area contributed by atoms with Crippen molar-refractivity contribution in [1.82, 2.24) is 19.8 Å². The van der Waals surface area contributed by atoms with E-state index in [9.17, 15) is 4.79 Å². The number of rotatable bonds is 5. The largest absolute Gasteiger partial charge is 0.381 e. The number of hydrogen-bond acceptors (Lipinski definition) is 6. The number of fused-ring (bicyclic) bond motifs is 1. The van der Waals surface area contributed by atoms with Crippen LogP contribution < -0.4 is 5.32 Å². The zero-order valence-electron chi connectivity index (χ0n) is 19.8. The summed E-state index contributed by atoms with van der Waals surface area (Å²) < 4.78 is 5.73. The molecule has 2 aromatic rings. The molecule has 2 fully saturated rings. The van der Waals surface area contributed by atoms with Crippen LogP contribution in [0.4, 0.5) is 5.82 Å². The maximum atomic E-state index is 12.2. The van der Waals surface area contributed by atoms with E-state index < -0.39 is 0 Å². The Morgan fingerprint density at radius 2 is 1.97 bits per heavy atom. The maximum Gasteiger partial charge on any atom is 0.220 e. The Hall–Kier alpha value is -2.51. The van der Waals surface area contributed by atoms with Crippen molar-refractivity contribution in [2.45, 2.75) is 57.0 Å². The van der Waals surface area contributed by atoms with Gasteiger partial charge >= 0.3 is 0 Å². The van der Waals surface area contributed by atoms with Gasteiger partial charge in [-0.05, 0) is 44.7 Å². The Morgan fingerprint density at radius 1 is 1.18 bits per heavy atom. The summed E-state index contributed by atoms with van der Waals surface area (Å²) in [5, 5.41) is 3.78. The van der Waals surface area contributed by atoms with Crippen molar-refractivity contribution in [2.75, 3.05) is 45.2 Å². The molecule has 2 saturated heterocycles. The van der Waals surface area contributed by atoms with Crippen LogP contribution in [0, 0.1) is 0 Å². The predicted octanol–water partition coefficient (Wildman–Crippen LogP) is 3.31. The summed E-state index contributed by atoms with van der Waals surface area (Å²) in [6.45, 7) is 6.65. The van der Waals surface area contributed by atoms with Crippen LogP contribution in [0.2, 0.25) is 0 Å². The van der Waals surface area contributed by atoms with Gasteiger partial charge in [0, 0.05) is 57.3 Å². The highest BCUT2D eigenvalue weighted by Gasteiger charge is 2.36. The van der Waals surface area contributed by atoms with Crippen LogP contribution >= 0.6 is 0 Å². The summed E-state index contributed by atoms with van der Waals surface area (Å²) in [7, 11) is 2.14. The molecule has 176 valence electrons. The highest BCUT2D eigenvalue weighted by Crippen LogP contribution is 2.37. The molecule has 1 amide bonds. The fourth-order valence-electron chi connectivity index (χ4n) is 5.66. The second-order valence-electron chi connectivity index (χ2n) is 9.83. The van der Waals surface area contributed by atoms with Crippen molar-refractivity contribution in [3.8, 4) is 0 Å². The summed E-state index contributed by atoms with van der Waals surface area (Å²) in [6, 6.07) is 10.8. The highest BCUT2D eigenvalue weighted by atomic mass is 16.5. The average Bonchev–Trinajstić information content (AvgIpc) is 3.34. The van der Waals surface area contributed by atoms with E-state index in [1.54, 1.807) is 6.92 Å². The molecule has 1 aromatic heterocycles. The second-order valence-corrected chi connectivity index (χ2v) is 9.83. The van der Waals surface area contributed by atoms with Crippen molar-refractivity contribution < 1.29 is 9.53 Å². The third-order valence-electron chi connectivity index (χ3n) is 7.66. The summed E-state index contributed by atoms with van der Waals surface area (Å²) in [5.41, 5.74) is 3.73. The van der Waals surface area contributed by atoms with Crippen LogP contribution in [0.3, 0.4) is 0 Å². The Morgan fingerprint density at radius 3 is 2.73 bits per heavy atom. The molecule has 1 aromatic carbocycles. The van der Waals surface area contributed by atoms with Gasteiger partial charge in [0.05, 0.1) is 11.7 Å². The number of likely N-dealkylation sites (tertiary alicyclic amines) is 1. The molecule has 0 bridgehead atoms. The van der Waals surface area contributed by atoms with E-state index in [-0.39, 0.29) is 17.4 Å². The van der Waals surface area contributed by atoms with Crippen LogP contribution in [0.5, 0.6) is 0 Å². The fourth-order valence-corrected chi connectivity index (χ4v) is 5.66. The zero-order chi connectivity index (χ0) is 22.8. The number of nitrogens with one attached hydrogen (secondary N) is 1. The lowest BCUT2D eigenvalue weighted by atomic mass is 9.74. The van der Waals surface area contributed by atoms with Gasteiger partial charge in [-0.15, -0.1) is 0 Å². The molecular formula is C26H35N5O2. The Labute approximate surface area is 196 Å². The first-order chi connectivity index (χ1) is 16.1. The Balaban J connectivity index is 1.48. The van der Waals surface area contributed by atoms with Crippen LogP contribution in [0.25, 0.3) is 0 Å². The van der Waals surface area contributed by atoms with Gasteiger partial charge in [0.15, 0.2) is 5.82 Å². The molecule has 3 aliphatic heterocycles. The Kier molecular flexibility index (Phi) is 6.34. The lowest BCUT2D eigenvalue weighted by Crippen LogP contribution is -2.40. The van der Waals surface area contributed by atoms with E-state index in [0.717, 1.165) is 88.8 Å². The van der Waals surface area contributed by atoms with E-state index in [1.165, 1.54) is 11.1 Å². The first kappa shape index (κ1) is 22.3. The molecule has 0 saturated carbocycles. The van der Waals surface area contributed by atoms with E-state index in [2.05, 4.69) is 47.6 Å². The van der Waals surface area contributed by atoms with Crippen molar-refractivity contribution in [3.05, 3.63) is 53.0 Å². The molecule has 3 aliphatic rings. The van der Waals surface area contributed by atoms with E-state index >= 15 is 0 Å². The fraction of sp³-hybridized carbons (Fsp3) is 0.577. The molecule has 0 spiro atoms. The minimum Gasteiger partial charge on any atom is -0.381 e. The summed E-state index contributed by atoms with van der Waals surface area (Å²) in [4.78, 5) is 26.5. The molecule has 1 N–H and O–H groups in total. The van der Waals surface area contributed by atoms with Gasteiger partial charge in [0.1, 0.15) is 5.82 Å². The third kappa shape index (κ3) is 4.49. The summed E-state index contributed by atoms with van der Waals surface area (Å²) >= 11 is 0. The summed E-state index contributed by atoms with van der Waals surface area (Å²) in [5.74, 6) is 1.86. The monoisotopic (exact) mass is 449 g/mol. The standard InChI is InChI=1S/C26H35N5O2/c1-19(32)31-13-6-9-23(31)25-28-22-17-30(2)14-10-21(22)24(29-25)27-18-26(11-15-33-16-12-26)20-7-4-3-5-8-20/h3-5,7-8,23H,6,9-18H2,1-2H3,(H,27,28,29). The lowest BCUT2D eigenvalue weighted by Gasteiger charge is -2.38. The molecule has 0 aliphatic carbocycles. The number of carbonyl (C=O) groups excluding carboxylic acids is 1. The normalized spacial score (nSPS) is 22.7. The quantitative estimate of drug-likeness (QED) is 0.755. The number of benzene rings is 1. The number of carbonyl (C=O) groups is 1. The van der Waals surface area contributed by atoms with Crippen molar-refractivity contribution in [1.29, 1.82) is 0 Å². The SMILES string of the molecule is CC(=O)N1CCCC1c1nc2c(c(NCC3(c4ccccc4)CCOCC3)n1)CCN(C)C2. The molecule has 5 rings (SSSR count). The van der Waals surface area contributed by atoms with Crippen LogP contribution in [-0.4, -0.2) is 65.6 Å². The van der Waals surface area contributed by atoms with Crippen LogP contribution in [-0.2, 0) is 27.9 Å². The van der Waals surface area contributed by atoms with Gasteiger partial charge < -0.3 is 19.9 Å². The molecular weight excluding hydrogens is 414 g/mol. The molecule has 1 atom stereocenters. The molecule has 7 heteroatoms. The number of hydrogen-bond donors (Lipinski definition) is 1. The van der Waals surface area contributed by atoms with E-state index in [0.29, 0.717) is 0 Å². The van der Waals surface area contributed by atoms with Crippen molar-refractivity contribution in [3.63, 3.8) is 0 Å². The number of anilines is 1. The number of ether oxygens (including phenoxy) is 1. The Bertz CT molecular complexity index is 990. The maximum absolute atomic E-state index is 12.2. The number of likely N-dealkylation sites (N-methyl/N-ethyl adjacent to an activating group) is 1. The van der Waals surface area contributed by atoms with Gasteiger partial charge in [-0.2, -0.15) is 0 Å². The average molecular weight is 450 g/mol. The zero-order valence-corrected chi connectivity index (χ0v) is 19.8. The molecule has 7 nitrogen and oxygen atoms in total. The van der Waals surface area contributed by atoms with Gasteiger partial charge in [-0.25, -0.2) is 9.97 Å². The molecule has 0 radical (unpaired) electrons. The molecule has 33 heavy (non-hydrogen) atoms. The van der Waals surface area contributed by atoms with Gasteiger partial charge in [-0.1, -0.05) is 30.3 Å². The number of nitrogens with zero attached hydrogens (tertiary/aromatic N) is 4. The van der Waals surface area contributed by atoms with Gasteiger partial charge in [-0.3, -0.25) is 4.79 Å². The van der Waals surface area contributed by atoms with Crippen LogP contribution in [0.15, 0.2) is 30.3 Å². The first-order valence-corrected chi connectivity index (χ1v) is 12.3. The van der Waals surface area contributed by atoms with Gasteiger partial charge in [0.25, 0.3) is 0 Å². The topological polar surface area (TPSA) is 70.6 Å².